The first kappa shape index (κ1) is 49.4. The molecular weight excluding hydrogens is 930 g/mol. The Morgan fingerprint density at radius 2 is 0.478 bits per heavy atom. The summed E-state index contributed by atoms with van der Waals surface area (Å²) in [5.74, 6) is 0. The maximum Gasteiger partial charge on any atom is 0.0998 e. The van der Waals surface area contributed by atoms with Crippen LogP contribution in [0.5, 0.6) is 0 Å². The zero-order chi connectivity index (χ0) is 49.2. The fraction of sp³-hybridized carbons (Fsp3) is 0.262. The molecule has 0 atom stereocenters. The van der Waals surface area contributed by atoms with E-state index in [9.17, 15) is 26.3 Å². The minimum absolute atomic E-state index is 0.287. The number of nitrogens with zero attached hydrogens (tertiary/aromatic N) is 5. The Morgan fingerprint density at radius 3 is 0.672 bits per heavy atom. The van der Waals surface area contributed by atoms with E-state index in [-0.39, 0.29) is 21.7 Å². The quantitative estimate of drug-likeness (QED) is 0.143. The van der Waals surface area contributed by atoms with Crippen LogP contribution in [0.4, 0.5) is 0 Å². The van der Waals surface area contributed by atoms with E-state index < -0.39 is 0 Å². The SMILES string of the molecule is CC(C)(C)c1cc2cc(c1)/C(C#N)=C/c1cc(cc(C(C)(C)C)c1)/C(C#N)=C/c1cc(cc(C(C)(C)C)c1)/C(C#N)=C/c1cc(cc(C(C)(C)C)c1)/C(C#N)=C/c1cc(I)cc(c1)/C(C#N)=C/2. The molecule has 0 unspecified atom stereocenters. The van der Waals surface area contributed by atoms with Crippen molar-refractivity contribution in [3.63, 3.8) is 0 Å². The van der Waals surface area contributed by atoms with E-state index in [4.69, 9.17) is 0 Å². The van der Waals surface area contributed by atoms with Crippen LogP contribution in [-0.4, -0.2) is 0 Å². The van der Waals surface area contributed by atoms with Gasteiger partial charge in [0.2, 0.25) is 0 Å². The number of halogens is 1. The van der Waals surface area contributed by atoms with E-state index >= 15 is 0 Å². The largest absolute Gasteiger partial charge is 0.192 e. The van der Waals surface area contributed by atoms with Gasteiger partial charge in [0.05, 0.1) is 58.2 Å². The van der Waals surface area contributed by atoms with Crippen LogP contribution in [0, 0.1) is 60.2 Å². The standard InChI is InChI=1S/C61H56IN5/c1-58(2,3)53-23-38-13-44(29-53)49(34-64)20-40-15-46(31-55(25-40)60(7,8)9)51(36-66)22-42-17-47(32-57(62)27-42)52(37-67)21-41-16-45(30-56(26-41)61(10,11)12)50(35-65)19-39-14-43(48(18-38)33-63)28-54(24-39)59(4,5)6/h13-32H,1-12H3/b48-18+,49-20+,50-19+,51-22+,52-21+. The highest BCUT2D eigenvalue weighted by Gasteiger charge is 2.22. The summed E-state index contributed by atoms with van der Waals surface area (Å²) in [6.07, 6.45) is 9.35. The molecule has 0 saturated heterocycles. The fourth-order valence-corrected chi connectivity index (χ4v) is 8.57. The van der Waals surface area contributed by atoms with Crippen molar-refractivity contribution in [3.8, 4) is 30.3 Å². The smallest absolute Gasteiger partial charge is 0.0998 e. The second-order valence-electron chi connectivity index (χ2n) is 21.5. The summed E-state index contributed by atoms with van der Waals surface area (Å²) in [6.45, 7) is 25.5. The first-order valence-electron chi connectivity index (χ1n) is 22.4. The molecule has 10 bridgehead atoms. The molecule has 5 aromatic carbocycles. The van der Waals surface area contributed by atoms with Crippen LogP contribution in [-0.2, 0) is 21.7 Å². The number of hydrogen-bond donors (Lipinski definition) is 0. The zero-order valence-corrected chi connectivity index (χ0v) is 42.8. The van der Waals surface area contributed by atoms with Gasteiger partial charge in [-0.1, -0.05) is 107 Å². The molecule has 332 valence electrons. The van der Waals surface area contributed by atoms with Crippen molar-refractivity contribution in [2.75, 3.05) is 0 Å². The summed E-state index contributed by atoms with van der Waals surface area (Å²) in [5.41, 5.74) is 12.4. The molecule has 5 aromatic rings. The van der Waals surface area contributed by atoms with Crippen LogP contribution in [0.3, 0.4) is 0 Å². The average Bonchev–Trinajstić information content (AvgIpc) is 3.25. The highest BCUT2D eigenvalue weighted by atomic mass is 127. The van der Waals surface area contributed by atoms with Gasteiger partial charge in [0.1, 0.15) is 0 Å². The summed E-state index contributed by atoms with van der Waals surface area (Å²) in [4.78, 5) is 0. The first-order chi connectivity index (χ1) is 31.3. The molecule has 5 nitrogen and oxygen atoms in total. The van der Waals surface area contributed by atoms with Gasteiger partial charge in [0.25, 0.3) is 0 Å². The van der Waals surface area contributed by atoms with Crippen LogP contribution < -0.4 is 0 Å². The summed E-state index contributed by atoms with van der Waals surface area (Å²) < 4.78 is 0.893. The number of rotatable bonds is 0. The van der Waals surface area contributed by atoms with Crippen molar-refractivity contribution in [1.82, 2.24) is 0 Å². The molecule has 6 heteroatoms. The highest BCUT2D eigenvalue weighted by Crippen LogP contribution is 2.36. The third-order valence-electron chi connectivity index (χ3n) is 11.9. The lowest BCUT2D eigenvalue weighted by Gasteiger charge is -2.22. The molecule has 0 aromatic heterocycles. The van der Waals surface area contributed by atoms with Gasteiger partial charge in [-0.05, 0) is 219 Å². The Balaban J connectivity index is 1.77. The predicted octanol–water partition coefficient (Wildman–Crippen LogP) is 16.1. The number of nitriles is 5. The van der Waals surface area contributed by atoms with Gasteiger partial charge >= 0.3 is 0 Å². The molecule has 67 heavy (non-hydrogen) atoms. The lowest BCUT2D eigenvalue weighted by Crippen LogP contribution is -2.12. The van der Waals surface area contributed by atoms with Crippen LogP contribution in [0.15, 0.2) is 91.0 Å². The van der Waals surface area contributed by atoms with Crippen LogP contribution in [0.2, 0.25) is 0 Å². The Hall–Kier alpha value is -7.02. The summed E-state index contributed by atoms with van der Waals surface area (Å²) in [6, 6.07) is 42.5. The van der Waals surface area contributed by atoms with E-state index in [1.807, 2.05) is 97.1 Å². The molecule has 1 aliphatic carbocycles. The third-order valence-corrected chi connectivity index (χ3v) is 12.5. The minimum atomic E-state index is -0.292. The summed E-state index contributed by atoms with van der Waals surface area (Å²) in [5, 5.41) is 54.1. The molecule has 0 N–H and O–H groups in total. The molecule has 6 rings (SSSR count). The minimum Gasteiger partial charge on any atom is -0.192 e. The van der Waals surface area contributed by atoms with Gasteiger partial charge in [-0.3, -0.25) is 0 Å². The molecule has 1 aliphatic rings. The van der Waals surface area contributed by atoms with Gasteiger partial charge in [-0.15, -0.1) is 0 Å². The molecular formula is C61H56IN5. The molecule has 0 aliphatic heterocycles. The van der Waals surface area contributed by atoms with E-state index in [0.29, 0.717) is 55.7 Å². The van der Waals surface area contributed by atoms with Gasteiger partial charge in [0, 0.05) is 3.57 Å². The van der Waals surface area contributed by atoms with E-state index in [2.05, 4.69) is 160 Å². The maximum atomic E-state index is 10.9. The average molecular weight is 986 g/mol. The van der Waals surface area contributed by atoms with Crippen molar-refractivity contribution in [1.29, 1.82) is 26.3 Å². The zero-order valence-electron chi connectivity index (χ0n) is 40.7. The third kappa shape index (κ3) is 11.9. The number of hydrogen-bond acceptors (Lipinski definition) is 5. The van der Waals surface area contributed by atoms with Crippen LogP contribution in [0.1, 0.15) is 161 Å². The first-order valence-corrected chi connectivity index (χ1v) is 23.4. The normalized spacial score (nSPS) is 17.4. The predicted molar refractivity (Wildman–Crippen MR) is 287 cm³/mol. The van der Waals surface area contributed by atoms with E-state index in [1.54, 1.807) is 0 Å². The second kappa shape index (κ2) is 19.1. The highest BCUT2D eigenvalue weighted by molar-refractivity contribution is 14.1. The van der Waals surface area contributed by atoms with E-state index in [1.165, 1.54) is 0 Å². The Labute approximate surface area is 412 Å². The van der Waals surface area contributed by atoms with Gasteiger partial charge in [0.15, 0.2) is 0 Å². The molecule has 0 radical (unpaired) electrons. The summed E-state index contributed by atoms with van der Waals surface area (Å²) >= 11 is 2.25. The molecule has 0 spiro atoms. The maximum absolute atomic E-state index is 10.9. The number of benzene rings is 5. The Morgan fingerprint density at radius 1 is 0.284 bits per heavy atom. The number of allylic oxidation sites excluding steroid dienone is 5. The summed E-state index contributed by atoms with van der Waals surface area (Å²) in [7, 11) is 0. The lowest BCUT2D eigenvalue weighted by molar-refractivity contribution is 0.589. The van der Waals surface area contributed by atoms with Crippen LogP contribution >= 0.6 is 22.6 Å². The van der Waals surface area contributed by atoms with Crippen molar-refractivity contribution >= 4 is 80.8 Å². The van der Waals surface area contributed by atoms with E-state index in [0.717, 1.165) is 53.6 Å². The van der Waals surface area contributed by atoms with Crippen molar-refractivity contribution in [2.24, 2.45) is 0 Å². The Kier molecular flexibility index (Phi) is 14.1. The van der Waals surface area contributed by atoms with Crippen molar-refractivity contribution in [3.05, 3.63) is 172 Å². The monoisotopic (exact) mass is 985 g/mol. The molecule has 0 amide bonds. The fourth-order valence-electron chi connectivity index (χ4n) is 7.88. The van der Waals surface area contributed by atoms with Crippen molar-refractivity contribution < 1.29 is 0 Å². The molecule has 0 heterocycles. The topological polar surface area (TPSA) is 119 Å². The Bertz CT molecular complexity index is 3190. The van der Waals surface area contributed by atoms with Crippen LogP contribution in [0.25, 0.3) is 58.2 Å². The lowest BCUT2D eigenvalue weighted by atomic mass is 9.82. The number of fused-ring (bicyclic) bond motifs is 10. The van der Waals surface area contributed by atoms with Crippen molar-refractivity contribution in [2.45, 2.75) is 105 Å². The van der Waals surface area contributed by atoms with Gasteiger partial charge < -0.3 is 0 Å². The second-order valence-corrected chi connectivity index (χ2v) is 22.7. The van der Waals surface area contributed by atoms with Gasteiger partial charge in [-0.25, -0.2) is 0 Å². The molecule has 0 fully saturated rings. The van der Waals surface area contributed by atoms with Gasteiger partial charge in [-0.2, -0.15) is 26.3 Å². The molecule has 0 saturated carbocycles.